The zero-order valence-electron chi connectivity index (χ0n) is 11.8. The van der Waals surface area contributed by atoms with Crippen LogP contribution in [0.2, 0.25) is 0 Å². The minimum atomic E-state index is -0.479. The molecule has 116 valence electrons. The molecule has 0 radical (unpaired) electrons. The summed E-state index contributed by atoms with van der Waals surface area (Å²) in [7, 11) is 0. The largest absolute Gasteiger partial charge is 0.504 e. The standard InChI is InChI=1S/C15H12FN5O2/c16-11-4-2-1-3-10(11)8-21-12(5-6-19-21)13(22)7-14(23)15-17-9-18-20-15/h1-7,9,23H,8H2,(H,17,18,20). The lowest BCUT2D eigenvalue weighted by Gasteiger charge is -2.06. The number of hydrogen-bond donors (Lipinski definition) is 2. The predicted molar refractivity (Wildman–Crippen MR) is 79.0 cm³/mol. The maximum atomic E-state index is 13.7. The second-order valence-electron chi connectivity index (χ2n) is 4.69. The van der Waals surface area contributed by atoms with Crippen LogP contribution in [-0.2, 0) is 6.54 Å². The number of nitrogens with zero attached hydrogens (tertiary/aromatic N) is 4. The third-order valence-electron chi connectivity index (χ3n) is 3.17. The van der Waals surface area contributed by atoms with E-state index in [2.05, 4.69) is 20.3 Å². The summed E-state index contributed by atoms with van der Waals surface area (Å²) in [5.74, 6) is -1.11. The molecular weight excluding hydrogens is 301 g/mol. The van der Waals surface area contributed by atoms with Crippen LogP contribution >= 0.6 is 0 Å². The van der Waals surface area contributed by atoms with Crippen LogP contribution in [0.4, 0.5) is 4.39 Å². The van der Waals surface area contributed by atoms with Crippen molar-refractivity contribution in [3.63, 3.8) is 0 Å². The maximum Gasteiger partial charge on any atom is 0.207 e. The van der Waals surface area contributed by atoms with Crippen LogP contribution in [-0.4, -0.2) is 35.9 Å². The summed E-state index contributed by atoms with van der Waals surface area (Å²) >= 11 is 0. The molecule has 0 unspecified atom stereocenters. The van der Waals surface area contributed by atoms with Gasteiger partial charge in [-0.3, -0.25) is 14.6 Å². The maximum absolute atomic E-state index is 13.7. The fourth-order valence-electron chi connectivity index (χ4n) is 2.05. The molecule has 0 amide bonds. The molecule has 7 nitrogen and oxygen atoms in total. The van der Waals surface area contributed by atoms with E-state index in [-0.39, 0.29) is 29.6 Å². The first-order valence-electron chi connectivity index (χ1n) is 6.71. The highest BCUT2D eigenvalue weighted by molar-refractivity contribution is 6.06. The van der Waals surface area contributed by atoms with Gasteiger partial charge in [0.25, 0.3) is 0 Å². The number of aliphatic hydroxyl groups excluding tert-OH is 1. The summed E-state index contributed by atoms with van der Waals surface area (Å²) in [6.07, 6.45) is 3.66. The van der Waals surface area contributed by atoms with Crippen LogP contribution < -0.4 is 0 Å². The molecule has 1 aromatic carbocycles. The molecule has 0 saturated heterocycles. The van der Waals surface area contributed by atoms with Crippen LogP contribution in [0.25, 0.3) is 5.76 Å². The zero-order valence-corrected chi connectivity index (χ0v) is 11.8. The van der Waals surface area contributed by atoms with E-state index in [9.17, 15) is 14.3 Å². The monoisotopic (exact) mass is 313 g/mol. The first-order chi connectivity index (χ1) is 11.1. The number of aromatic amines is 1. The minimum absolute atomic E-state index is 0.0820. The fourth-order valence-corrected chi connectivity index (χ4v) is 2.05. The molecule has 0 saturated carbocycles. The molecule has 3 rings (SSSR count). The van der Waals surface area contributed by atoms with Crippen LogP contribution in [0.15, 0.2) is 48.9 Å². The number of aromatic nitrogens is 5. The molecule has 8 heteroatoms. The summed E-state index contributed by atoms with van der Waals surface area (Å²) in [6.45, 7) is 0.109. The Balaban J connectivity index is 1.85. The lowest BCUT2D eigenvalue weighted by molar-refractivity contribution is 0.103. The smallest absolute Gasteiger partial charge is 0.207 e. The first kappa shape index (κ1) is 14.6. The van der Waals surface area contributed by atoms with Gasteiger partial charge >= 0.3 is 0 Å². The summed E-state index contributed by atoms with van der Waals surface area (Å²) in [4.78, 5) is 16.0. The van der Waals surface area contributed by atoms with Gasteiger partial charge in [-0.05, 0) is 12.1 Å². The summed E-state index contributed by atoms with van der Waals surface area (Å²) < 4.78 is 15.1. The second kappa shape index (κ2) is 6.22. The Morgan fingerprint density at radius 1 is 1.35 bits per heavy atom. The molecule has 0 aliphatic carbocycles. The van der Waals surface area contributed by atoms with Crippen molar-refractivity contribution in [3.05, 3.63) is 71.8 Å². The quantitative estimate of drug-likeness (QED) is 0.426. The van der Waals surface area contributed by atoms with Gasteiger partial charge < -0.3 is 5.11 Å². The molecule has 2 aromatic heterocycles. The number of aliphatic hydroxyl groups is 1. The topological polar surface area (TPSA) is 96.7 Å². The van der Waals surface area contributed by atoms with Crippen molar-refractivity contribution in [2.45, 2.75) is 6.54 Å². The summed E-state index contributed by atoms with van der Waals surface area (Å²) in [5, 5.41) is 19.9. The molecule has 3 aromatic rings. The Labute approximate surface area is 130 Å². The number of carbonyl (C=O) groups is 1. The number of halogens is 1. The van der Waals surface area contributed by atoms with Gasteiger partial charge in [0, 0.05) is 17.8 Å². The van der Waals surface area contributed by atoms with Crippen molar-refractivity contribution in [1.82, 2.24) is 25.0 Å². The Morgan fingerprint density at radius 2 is 2.17 bits per heavy atom. The lowest BCUT2D eigenvalue weighted by atomic mass is 10.2. The number of H-pyrrole nitrogens is 1. The van der Waals surface area contributed by atoms with Gasteiger partial charge in [-0.2, -0.15) is 10.2 Å². The van der Waals surface area contributed by atoms with E-state index in [1.165, 1.54) is 29.3 Å². The molecule has 0 bridgehead atoms. The van der Waals surface area contributed by atoms with Crippen LogP contribution in [0.1, 0.15) is 21.9 Å². The van der Waals surface area contributed by atoms with Crippen molar-refractivity contribution < 1.29 is 14.3 Å². The highest BCUT2D eigenvalue weighted by Gasteiger charge is 2.14. The van der Waals surface area contributed by atoms with Crippen molar-refractivity contribution in [3.8, 4) is 0 Å². The third kappa shape index (κ3) is 3.15. The average molecular weight is 313 g/mol. The summed E-state index contributed by atoms with van der Waals surface area (Å²) in [6, 6.07) is 7.75. The number of rotatable bonds is 5. The van der Waals surface area contributed by atoms with Gasteiger partial charge in [-0.1, -0.05) is 18.2 Å². The first-order valence-corrected chi connectivity index (χ1v) is 6.71. The molecule has 23 heavy (non-hydrogen) atoms. The van der Waals surface area contributed by atoms with Gasteiger partial charge in [0.2, 0.25) is 5.78 Å². The van der Waals surface area contributed by atoms with Gasteiger partial charge in [-0.15, -0.1) is 0 Å². The average Bonchev–Trinajstić information content (AvgIpc) is 3.20. The molecule has 2 N–H and O–H groups in total. The summed E-state index contributed by atoms with van der Waals surface area (Å²) in [5.41, 5.74) is 0.632. The van der Waals surface area contributed by atoms with Gasteiger partial charge in [0.15, 0.2) is 11.6 Å². The molecule has 2 heterocycles. The molecule has 0 fully saturated rings. The highest BCUT2D eigenvalue weighted by Crippen LogP contribution is 2.12. The van der Waals surface area contributed by atoms with Crippen LogP contribution in [0.5, 0.6) is 0 Å². The number of hydrogen-bond acceptors (Lipinski definition) is 5. The van der Waals surface area contributed by atoms with Crippen molar-refractivity contribution >= 4 is 11.5 Å². The second-order valence-corrected chi connectivity index (χ2v) is 4.69. The van der Waals surface area contributed by atoms with Crippen LogP contribution in [0, 0.1) is 5.82 Å². The van der Waals surface area contributed by atoms with Crippen molar-refractivity contribution in [2.24, 2.45) is 0 Å². The minimum Gasteiger partial charge on any atom is -0.504 e. The SMILES string of the molecule is O=C(C=C(O)c1ncn[nH]1)c1ccnn1Cc1ccccc1F. The van der Waals surface area contributed by atoms with E-state index < -0.39 is 5.78 Å². The Hall–Kier alpha value is -3.29. The number of benzene rings is 1. The number of ketones is 1. The van der Waals surface area contributed by atoms with E-state index >= 15 is 0 Å². The predicted octanol–water partition coefficient (Wildman–Crippen LogP) is 1.97. The van der Waals surface area contributed by atoms with E-state index in [4.69, 9.17) is 0 Å². The van der Waals surface area contributed by atoms with Gasteiger partial charge in [-0.25, -0.2) is 9.37 Å². The Kier molecular flexibility index (Phi) is 3.96. The molecule has 0 aliphatic heterocycles. The highest BCUT2D eigenvalue weighted by atomic mass is 19.1. The normalized spacial score (nSPS) is 11.6. The Morgan fingerprint density at radius 3 is 2.91 bits per heavy atom. The Bertz CT molecular complexity index is 854. The van der Waals surface area contributed by atoms with Gasteiger partial charge in [0.1, 0.15) is 17.8 Å². The van der Waals surface area contributed by atoms with E-state index in [1.54, 1.807) is 18.2 Å². The van der Waals surface area contributed by atoms with Crippen molar-refractivity contribution in [1.29, 1.82) is 0 Å². The molecule has 0 aliphatic rings. The number of carbonyl (C=O) groups excluding carboxylic acids is 1. The number of nitrogens with one attached hydrogen (secondary N) is 1. The fraction of sp³-hybridized carbons (Fsp3) is 0.0667. The van der Waals surface area contributed by atoms with E-state index in [1.807, 2.05) is 0 Å². The van der Waals surface area contributed by atoms with E-state index in [0.717, 1.165) is 6.08 Å². The lowest BCUT2D eigenvalue weighted by Crippen LogP contribution is -2.11. The molecular formula is C15H12FN5O2. The van der Waals surface area contributed by atoms with Crippen molar-refractivity contribution in [2.75, 3.05) is 0 Å². The van der Waals surface area contributed by atoms with Gasteiger partial charge in [0.05, 0.1) is 6.54 Å². The zero-order chi connectivity index (χ0) is 16.2. The molecule has 0 atom stereocenters. The number of allylic oxidation sites excluding steroid dienone is 1. The van der Waals surface area contributed by atoms with E-state index in [0.29, 0.717) is 5.56 Å². The molecule has 0 spiro atoms. The third-order valence-corrected chi connectivity index (χ3v) is 3.17. The van der Waals surface area contributed by atoms with Crippen LogP contribution in [0.3, 0.4) is 0 Å².